The molecule has 0 aliphatic carbocycles. The Morgan fingerprint density at radius 2 is 1.65 bits per heavy atom. The van der Waals surface area contributed by atoms with Crippen molar-refractivity contribution in [2.24, 2.45) is 0 Å². The molecule has 1 aromatic rings. The van der Waals surface area contributed by atoms with Crippen LogP contribution in [0.2, 0.25) is 0 Å². The van der Waals surface area contributed by atoms with Crippen molar-refractivity contribution in [3.8, 4) is 0 Å². The highest BCUT2D eigenvalue weighted by Gasteiger charge is 2.27. The highest BCUT2D eigenvalue weighted by Crippen LogP contribution is 2.30. The van der Waals surface area contributed by atoms with Gasteiger partial charge in [-0.05, 0) is 11.6 Å². The molecule has 0 amide bonds. The van der Waals surface area contributed by atoms with Gasteiger partial charge in [0.15, 0.2) is 0 Å². The zero-order valence-electron chi connectivity index (χ0n) is 8.36. The predicted molar refractivity (Wildman–Crippen MR) is 60.6 cm³/mol. The van der Waals surface area contributed by atoms with E-state index in [0.717, 1.165) is 12.1 Å². The molecule has 0 saturated carbocycles. The van der Waals surface area contributed by atoms with Gasteiger partial charge in [0, 0.05) is 0 Å². The van der Waals surface area contributed by atoms with E-state index in [-0.39, 0.29) is 5.56 Å². The summed E-state index contributed by atoms with van der Waals surface area (Å²) in [6.45, 7) is 3.34. The normalized spacial score (nSPS) is 12.4. The van der Waals surface area contributed by atoms with E-state index >= 15 is 0 Å². The van der Waals surface area contributed by atoms with Crippen molar-refractivity contribution in [3.05, 3.63) is 24.3 Å². The maximum Gasteiger partial charge on any atom is 0.298 e. The van der Waals surface area contributed by atoms with Gasteiger partial charge in [0.25, 0.3) is 20.2 Å². The molecule has 9 heteroatoms. The van der Waals surface area contributed by atoms with E-state index in [1.165, 1.54) is 6.08 Å². The second kappa shape index (κ2) is 4.11. The Balaban J connectivity index is 3.91. The van der Waals surface area contributed by atoms with Gasteiger partial charge in [-0.15, -0.1) is 0 Å². The van der Waals surface area contributed by atoms with E-state index in [1.807, 2.05) is 0 Å². The molecule has 0 unspecified atom stereocenters. The fourth-order valence-corrected chi connectivity index (χ4v) is 3.18. The van der Waals surface area contributed by atoms with Crippen LogP contribution in [0.5, 0.6) is 0 Å². The molecule has 1 aromatic carbocycles. The number of rotatable bonds is 3. The third-order valence-electron chi connectivity index (χ3n) is 1.95. The largest absolute Gasteiger partial charge is 0.397 e. The summed E-state index contributed by atoms with van der Waals surface area (Å²) in [6, 6.07) is 1.96. The van der Waals surface area contributed by atoms with E-state index in [4.69, 9.17) is 14.8 Å². The highest BCUT2D eigenvalue weighted by molar-refractivity contribution is 7.89. The van der Waals surface area contributed by atoms with E-state index in [0.29, 0.717) is 0 Å². The number of hydrogen-bond donors (Lipinski definition) is 3. The fourth-order valence-electron chi connectivity index (χ4n) is 1.24. The summed E-state index contributed by atoms with van der Waals surface area (Å²) >= 11 is 0. The second-order valence-corrected chi connectivity index (χ2v) is 5.80. The summed E-state index contributed by atoms with van der Waals surface area (Å²) in [5, 5.41) is 0. The smallest absolute Gasteiger partial charge is 0.298 e. The molecule has 4 N–H and O–H groups in total. The zero-order chi connectivity index (χ0) is 13.4. The Morgan fingerprint density at radius 1 is 1.12 bits per heavy atom. The number of hydrogen-bond acceptors (Lipinski definition) is 5. The first kappa shape index (κ1) is 13.6. The summed E-state index contributed by atoms with van der Waals surface area (Å²) < 4.78 is 61.8. The Morgan fingerprint density at radius 3 is 2.00 bits per heavy atom. The first-order chi connectivity index (χ1) is 7.59. The van der Waals surface area contributed by atoms with Crippen LogP contribution in [0, 0.1) is 0 Å². The molecule has 0 saturated heterocycles. The molecule has 0 aliphatic rings. The molecule has 0 atom stereocenters. The van der Waals surface area contributed by atoms with Gasteiger partial charge in [-0.25, -0.2) is 0 Å². The van der Waals surface area contributed by atoms with Crippen molar-refractivity contribution in [3.63, 3.8) is 0 Å². The van der Waals surface area contributed by atoms with E-state index in [9.17, 15) is 16.8 Å². The third kappa shape index (κ3) is 2.64. The first-order valence-electron chi connectivity index (χ1n) is 4.09. The molecular formula is C8H9NO6S2. The van der Waals surface area contributed by atoms with Crippen molar-refractivity contribution in [2.45, 2.75) is 9.79 Å². The Labute approximate surface area is 98.1 Å². The number of nitrogens with two attached hydrogens (primary N) is 1. The van der Waals surface area contributed by atoms with Crippen molar-refractivity contribution >= 4 is 32.0 Å². The van der Waals surface area contributed by atoms with Crippen molar-refractivity contribution < 1.29 is 25.9 Å². The maximum absolute atomic E-state index is 11.1. The molecule has 0 heterocycles. The monoisotopic (exact) mass is 279 g/mol. The average molecular weight is 279 g/mol. The molecule has 0 bridgehead atoms. The minimum absolute atomic E-state index is 0.116. The summed E-state index contributed by atoms with van der Waals surface area (Å²) in [4.78, 5) is -2.04. The molecule has 1 rings (SSSR count). The molecule has 0 radical (unpaired) electrons. The lowest BCUT2D eigenvalue weighted by molar-refractivity contribution is 0.467. The van der Waals surface area contributed by atoms with Crippen molar-refractivity contribution in [2.75, 3.05) is 5.73 Å². The summed E-state index contributed by atoms with van der Waals surface area (Å²) in [6.07, 6.45) is 1.18. The van der Waals surface area contributed by atoms with Crippen molar-refractivity contribution in [1.29, 1.82) is 0 Å². The first-order valence-corrected chi connectivity index (χ1v) is 6.97. The standard InChI is InChI=1S/C8H9NO6S2/c1-2-5-3-4-6(16(10,11)12)8(7(5)9)17(13,14)15/h2-4H,1,9H2,(H,10,11,12)(H,13,14,15). The maximum atomic E-state index is 11.1. The highest BCUT2D eigenvalue weighted by atomic mass is 32.2. The van der Waals surface area contributed by atoms with Crippen LogP contribution in [0.3, 0.4) is 0 Å². The predicted octanol–water partition coefficient (Wildman–Crippen LogP) is 0.405. The van der Waals surface area contributed by atoms with Gasteiger partial charge >= 0.3 is 0 Å². The Kier molecular flexibility index (Phi) is 3.30. The van der Waals surface area contributed by atoms with E-state index in [2.05, 4.69) is 6.58 Å². The zero-order valence-corrected chi connectivity index (χ0v) is 9.99. The lowest BCUT2D eigenvalue weighted by atomic mass is 10.2. The molecule has 7 nitrogen and oxygen atoms in total. The second-order valence-electron chi connectivity index (χ2n) is 3.05. The third-order valence-corrected chi connectivity index (χ3v) is 3.93. The van der Waals surface area contributed by atoms with Gasteiger partial charge in [0.1, 0.15) is 9.79 Å². The number of benzene rings is 1. The van der Waals surface area contributed by atoms with Crippen LogP contribution >= 0.6 is 0 Å². The molecule has 94 valence electrons. The van der Waals surface area contributed by atoms with Crippen LogP contribution in [-0.4, -0.2) is 25.9 Å². The molecular weight excluding hydrogens is 270 g/mol. The van der Waals surface area contributed by atoms with Gasteiger partial charge in [-0.3, -0.25) is 9.11 Å². The lowest BCUT2D eigenvalue weighted by Gasteiger charge is -2.09. The van der Waals surface area contributed by atoms with Gasteiger partial charge in [-0.1, -0.05) is 18.7 Å². The topological polar surface area (TPSA) is 135 Å². The summed E-state index contributed by atoms with van der Waals surface area (Å²) in [7, 11) is -9.71. The fraction of sp³-hybridized carbons (Fsp3) is 0. The molecule has 0 fully saturated rings. The quantitative estimate of drug-likeness (QED) is 0.538. The van der Waals surface area contributed by atoms with Crippen LogP contribution in [0.1, 0.15) is 5.56 Å². The summed E-state index contributed by atoms with van der Waals surface area (Å²) in [5.74, 6) is 0. The van der Waals surface area contributed by atoms with Gasteiger partial charge in [0.05, 0.1) is 5.69 Å². The number of nitrogen functional groups attached to an aromatic ring is 1. The molecule has 17 heavy (non-hydrogen) atoms. The van der Waals surface area contributed by atoms with E-state index < -0.39 is 35.7 Å². The molecule has 0 aromatic heterocycles. The summed E-state index contributed by atoms with van der Waals surface area (Å²) in [5.41, 5.74) is 5.01. The van der Waals surface area contributed by atoms with Gasteiger partial charge in [-0.2, -0.15) is 16.8 Å². The Hall–Kier alpha value is -1.42. The van der Waals surface area contributed by atoms with Crippen LogP contribution in [0.15, 0.2) is 28.5 Å². The van der Waals surface area contributed by atoms with E-state index in [1.54, 1.807) is 0 Å². The molecule has 0 spiro atoms. The van der Waals surface area contributed by atoms with Crippen molar-refractivity contribution in [1.82, 2.24) is 0 Å². The Bertz CT molecular complexity index is 674. The minimum Gasteiger partial charge on any atom is -0.397 e. The SMILES string of the molecule is C=Cc1ccc(S(=O)(=O)O)c(S(=O)(=O)O)c1N. The van der Waals surface area contributed by atoms with Crippen LogP contribution in [-0.2, 0) is 20.2 Å². The van der Waals surface area contributed by atoms with Gasteiger partial charge in [0.2, 0.25) is 0 Å². The average Bonchev–Trinajstić information content (AvgIpc) is 2.13. The van der Waals surface area contributed by atoms with Crippen LogP contribution in [0.25, 0.3) is 6.08 Å². The molecule has 0 aliphatic heterocycles. The van der Waals surface area contributed by atoms with Gasteiger partial charge < -0.3 is 5.73 Å². The number of anilines is 1. The van der Waals surface area contributed by atoms with Crippen LogP contribution < -0.4 is 5.73 Å². The lowest BCUT2D eigenvalue weighted by Crippen LogP contribution is -2.12. The minimum atomic E-state index is -4.89. The van der Waals surface area contributed by atoms with Crippen LogP contribution in [0.4, 0.5) is 5.69 Å².